The Bertz CT molecular complexity index is 297. The number of hydrogen-bond acceptors (Lipinski definition) is 1. The van der Waals surface area contributed by atoms with Gasteiger partial charge in [0.05, 0.1) is 0 Å². The third-order valence-corrected chi connectivity index (χ3v) is 2.20. The lowest BCUT2D eigenvalue weighted by molar-refractivity contribution is 0.150. The molecule has 0 atom stereocenters. The van der Waals surface area contributed by atoms with Crippen LogP contribution in [-0.4, -0.2) is 0 Å². The van der Waals surface area contributed by atoms with Crippen LogP contribution in [-0.2, 0) is 6.42 Å². The van der Waals surface area contributed by atoms with Crippen LogP contribution < -0.4 is 5.73 Å². The molecule has 0 radical (unpaired) electrons. The third-order valence-electron chi connectivity index (χ3n) is 2.20. The summed E-state index contributed by atoms with van der Waals surface area (Å²) in [6.45, 7) is 2.04. The fourth-order valence-corrected chi connectivity index (χ4v) is 1.41. The molecule has 14 heavy (non-hydrogen) atoms. The van der Waals surface area contributed by atoms with Crippen molar-refractivity contribution in [2.24, 2.45) is 0 Å². The van der Waals surface area contributed by atoms with E-state index in [4.69, 9.17) is 5.73 Å². The molecule has 0 saturated heterocycles. The van der Waals surface area contributed by atoms with Crippen LogP contribution in [0.5, 0.6) is 0 Å². The van der Waals surface area contributed by atoms with Crippen molar-refractivity contribution in [1.82, 2.24) is 0 Å². The lowest BCUT2D eigenvalue weighted by atomic mass is 10.0. The van der Waals surface area contributed by atoms with E-state index in [1.807, 2.05) is 6.92 Å². The highest BCUT2D eigenvalue weighted by Gasteiger charge is 2.12. The zero-order chi connectivity index (χ0) is 10.6. The molecule has 0 aliphatic heterocycles. The molecule has 0 amide bonds. The van der Waals surface area contributed by atoms with Crippen LogP contribution in [0.3, 0.4) is 0 Å². The SMILES string of the molecule is CCCCc1ccc(N)cc1C(F)F. The van der Waals surface area contributed by atoms with Gasteiger partial charge >= 0.3 is 0 Å². The molecule has 2 N–H and O–H groups in total. The first-order valence-corrected chi connectivity index (χ1v) is 4.81. The Balaban J connectivity index is 2.90. The van der Waals surface area contributed by atoms with E-state index in [0.717, 1.165) is 18.4 Å². The summed E-state index contributed by atoms with van der Waals surface area (Å²) in [5.41, 5.74) is 6.66. The third kappa shape index (κ3) is 2.69. The number of anilines is 1. The molecule has 1 aromatic rings. The first kappa shape index (κ1) is 11.0. The largest absolute Gasteiger partial charge is 0.399 e. The topological polar surface area (TPSA) is 26.0 Å². The number of aryl methyl sites for hydroxylation is 1. The second kappa shape index (κ2) is 4.94. The molecular formula is C11H15F2N. The van der Waals surface area contributed by atoms with Crippen molar-refractivity contribution in [1.29, 1.82) is 0 Å². The lowest BCUT2D eigenvalue weighted by Gasteiger charge is -2.09. The van der Waals surface area contributed by atoms with Crippen molar-refractivity contribution < 1.29 is 8.78 Å². The Morgan fingerprint density at radius 3 is 2.64 bits per heavy atom. The predicted molar refractivity (Wildman–Crippen MR) is 54.4 cm³/mol. The number of hydrogen-bond donors (Lipinski definition) is 1. The molecule has 1 aromatic carbocycles. The highest BCUT2D eigenvalue weighted by atomic mass is 19.3. The number of alkyl halides is 2. The summed E-state index contributed by atoms with van der Waals surface area (Å²) in [7, 11) is 0. The molecule has 0 aliphatic rings. The predicted octanol–water partition coefficient (Wildman–Crippen LogP) is 3.55. The van der Waals surface area contributed by atoms with Crippen LogP contribution in [0.4, 0.5) is 14.5 Å². The second-order valence-electron chi connectivity index (χ2n) is 3.36. The fraction of sp³-hybridized carbons (Fsp3) is 0.455. The van der Waals surface area contributed by atoms with Crippen molar-refractivity contribution >= 4 is 5.69 Å². The molecule has 0 bridgehead atoms. The average Bonchev–Trinajstić information content (AvgIpc) is 2.15. The lowest BCUT2D eigenvalue weighted by Crippen LogP contribution is -1.97. The zero-order valence-corrected chi connectivity index (χ0v) is 8.26. The van der Waals surface area contributed by atoms with E-state index in [2.05, 4.69) is 0 Å². The van der Waals surface area contributed by atoms with E-state index in [9.17, 15) is 8.78 Å². The van der Waals surface area contributed by atoms with Crippen molar-refractivity contribution in [2.75, 3.05) is 5.73 Å². The number of nitrogen functional groups attached to an aromatic ring is 1. The van der Waals surface area contributed by atoms with Gasteiger partial charge in [-0.05, 0) is 30.5 Å². The molecule has 0 unspecified atom stereocenters. The first-order chi connectivity index (χ1) is 6.65. The number of rotatable bonds is 4. The van der Waals surface area contributed by atoms with E-state index < -0.39 is 6.43 Å². The molecule has 1 rings (SSSR count). The molecule has 0 spiro atoms. The van der Waals surface area contributed by atoms with Gasteiger partial charge in [-0.2, -0.15) is 0 Å². The van der Waals surface area contributed by atoms with Crippen LogP contribution in [0.2, 0.25) is 0 Å². The summed E-state index contributed by atoms with van der Waals surface area (Å²) >= 11 is 0. The number of benzene rings is 1. The first-order valence-electron chi connectivity index (χ1n) is 4.81. The van der Waals surface area contributed by atoms with Gasteiger partial charge in [-0.3, -0.25) is 0 Å². The van der Waals surface area contributed by atoms with Gasteiger partial charge in [-0.15, -0.1) is 0 Å². The number of nitrogens with two attached hydrogens (primary N) is 1. The van der Waals surface area contributed by atoms with Crippen molar-refractivity contribution in [3.05, 3.63) is 29.3 Å². The van der Waals surface area contributed by atoms with Gasteiger partial charge in [0, 0.05) is 11.3 Å². The summed E-state index contributed by atoms with van der Waals surface area (Å²) in [6.07, 6.45) is 0.220. The van der Waals surface area contributed by atoms with E-state index in [1.54, 1.807) is 12.1 Å². The summed E-state index contributed by atoms with van der Waals surface area (Å²) in [4.78, 5) is 0. The van der Waals surface area contributed by atoms with Crippen LogP contribution in [0.15, 0.2) is 18.2 Å². The minimum atomic E-state index is -2.43. The van der Waals surface area contributed by atoms with Gasteiger partial charge in [0.2, 0.25) is 0 Å². The van der Waals surface area contributed by atoms with Gasteiger partial charge in [0.1, 0.15) is 0 Å². The van der Waals surface area contributed by atoms with Gasteiger partial charge in [-0.25, -0.2) is 8.78 Å². The van der Waals surface area contributed by atoms with Crippen LogP contribution in [0, 0.1) is 0 Å². The maximum Gasteiger partial charge on any atom is 0.264 e. The standard InChI is InChI=1S/C11H15F2N/c1-2-3-4-8-5-6-9(14)7-10(8)11(12)13/h5-7,11H,2-4,14H2,1H3. The van der Waals surface area contributed by atoms with Crippen LogP contribution in [0.1, 0.15) is 37.3 Å². The Morgan fingerprint density at radius 2 is 2.07 bits per heavy atom. The van der Waals surface area contributed by atoms with E-state index in [0.29, 0.717) is 12.1 Å². The molecular weight excluding hydrogens is 184 g/mol. The average molecular weight is 199 g/mol. The van der Waals surface area contributed by atoms with Gasteiger partial charge in [0.15, 0.2) is 0 Å². The Morgan fingerprint density at radius 1 is 1.36 bits per heavy atom. The van der Waals surface area contributed by atoms with Crippen molar-refractivity contribution in [3.8, 4) is 0 Å². The maximum atomic E-state index is 12.6. The second-order valence-corrected chi connectivity index (χ2v) is 3.36. The summed E-state index contributed by atoms with van der Waals surface area (Å²) < 4.78 is 25.2. The zero-order valence-electron chi connectivity index (χ0n) is 8.26. The smallest absolute Gasteiger partial charge is 0.264 e. The number of halogens is 2. The van der Waals surface area contributed by atoms with Crippen LogP contribution in [0.25, 0.3) is 0 Å². The molecule has 0 saturated carbocycles. The minimum absolute atomic E-state index is 0.0819. The summed E-state index contributed by atoms with van der Waals surface area (Å²) in [5, 5.41) is 0. The molecule has 0 aromatic heterocycles. The molecule has 0 heterocycles. The van der Waals surface area contributed by atoms with Gasteiger partial charge in [0.25, 0.3) is 6.43 Å². The maximum absolute atomic E-state index is 12.6. The molecule has 3 heteroatoms. The minimum Gasteiger partial charge on any atom is -0.399 e. The van der Waals surface area contributed by atoms with Gasteiger partial charge in [-0.1, -0.05) is 19.4 Å². The normalized spacial score (nSPS) is 10.9. The summed E-state index contributed by atoms with van der Waals surface area (Å²) in [6, 6.07) is 4.75. The van der Waals surface area contributed by atoms with E-state index in [1.165, 1.54) is 6.07 Å². The molecule has 0 fully saturated rings. The highest BCUT2D eigenvalue weighted by Crippen LogP contribution is 2.26. The molecule has 78 valence electrons. The number of unbranched alkanes of at least 4 members (excludes halogenated alkanes) is 1. The van der Waals surface area contributed by atoms with Crippen molar-refractivity contribution in [3.63, 3.8) is 0 Å². The molecule has 0 aliphatic carbocycles. The Kier molecular flexibility index (Phi) is 3.86. The van der Waals surface area contributed by atoms with Crippen LogP contribution >= 0.6 is 0 Å². The summed E-state index contributed by atoms with van der Waals surface area (Å²) in [5.74, 6) is 0. The highest BCUT2D eigenvalue weighted by molar-refractivity contribution is 5.45. The van der Waals surface area contributed by atoms with Gasteiger partial charge < -0.3 is 5.73 Å². The monoisotopic (exact) mass is 199 g/mol. The molecule has 1 nitrogen and oxygen atoms in total. The van der Waals surface area contributed by atoms with Crippen molar-refractivity contribution in [2.45, 2.75) is 32.6 Å². The quantitative estimate of drug-likeness (QED) is 0.737. The Labute approximate surface area is 82.9 Å². The van der Waals surface area contributed by atoms with E-state index >= 15 is 0 Å². The van der Waals surface area contributed by atoms with E-state index in [-0.39, 0.29) is 5.56 Å². The Hall–Kier alpha value is -1.12. The fourth-order valence-electron chi connectivity index (χ4n) is 1.41.